The number of carbonyl (C=O) groups excluding carboxylic acids is 1. The molecule has 144 valence electrons. The Bertz CT molecular complexity index is 776. The quantitative estimate of drug-likeness (QED) is 0.777. The third-order valence-electron chi connectivity index (χ3n) is 4.57. The summed E-state index contributed by atoms with van der Waals surface area (Å²) >= 11 is 5.99. The molecule has 1 amide bonds. The molecule has 2 unspecified atom stereocenters. The fourth-order valence-electron chi connectivity index (χ4n) is 3.17. The van der Waals surface area contributed by atoms with Crippen molar-refractivity contribution in [3.8, 4) is 11.5 Å². The minimum atomic E-state index is -0.685. The van der Waals surface area contributed by atoms with Crippen LogP contribution in [0.15, 0.2) is 48.5 Å². The van der Waals surface area contributed by atoms with E-state index in [2.05, 4.69) is 0 Å². The first kappa shape index (κ1) is 19.5. The molecule has 0 aromatic heterocycles. The SMILES string of the molecule is CC(Oc1cccc(Cl)c1)C(=O)N(Cc1ccccc1O)CC1CCCO1. The van der Waals surface area contributed by atoms with Crippen molar-refractivity contribution in [1.82, 2.24) is 4.90 Å². The third-order valence-corrected chi connectivity index (χ3v) is 4.80. The lowest BCUT2D eigenvalue weighted by atomic mass is 10.1. The molecule has 1 saturated heterocycles. The van der Waals surface area contributed by atoms with Crippen molar-refractivity contribution in [2.45, 2.75) is 38.5 Å². The fraction of sp³-hybridized carbons (Fsp3) is 0.381. The van der Waals surface area contributed by atoms with Crippen LogP contribution in [-0.2, 0) is 16.1 Å². The number of phenolic OH excluding ortho intramolecular Hbond substituents is 1. The van der Waals surface area contributed by atoms with Crippen molar-refractivity contribution in [3.05, 3.63) is 59.1 Å². The highest BCUT2D eigenvalue weighted by molar-refractivity contribution is 6.30. The first-order chi connectivity index (χ1) is 13.0. The molecule has 6 heteroatoms. The number of hydrogen-bond acceptors (Lipinski definition) is 4. The Morgan fingerprint density at radius 2 is 2.15 bits per heavy atom. The Morgan fingerprint density at radius 1 is 1.33 bits per heavy atom. The van der Waals surface area contributed by atoms with E-state index in [9.17, 15) is 9.90 Å². The number of benzene rings is 2. The van der Waals surface area contributed by atoms with Crippen LogP contribution < -0.4 is 4.74 Å². The van der Waals surface area contributed by atoms with E-state index in [0.717, 1.165) is 19.4 Å². The molecule has 0 saturated carbocycles. The molecule has 1 heterocycles. The zero-order chi connectivity index (χ0) is 19.2. The molecule has 2 aromatic rings. The topological polar surface area (TPSA) is 59.0 Å². The van der Waals surface area contributed by atoms with Crippen LogP contribution in [0.2, 0.25) is 5.02 Å². The molecular formula is C21H24ClNO4. The number of halogens is 1. The summed E-state index contributed by atoms with van der Waals surface area (Å²) in [4.78, 5) is 14.8. The molecule has 1 aliphatic rings. The molecule has 3 rings (SSSR count). The summed E-state index contributed by atoms with van der Waals surface area (Å²) in [6.07, 6.45) is 1.25. The standard InChI is InChI=1S/C21H24ClNO4/c1-15(27-18-8-4-7-17(22)12-18)21(25)23(14-19-9-5-11-26-19)13-16-6-2-3-10-20(16)24/h2-4,6-8,10,12,15,19,24H,5,9,11,13-14H2,1H3. The molecule has 1 N–H and O–H groups in total. The first-order valence-corrected chi connectivity index (χ1v) is 9.50. The molecule has 0 bridgehead atoms. The molecule has 2 aromatic carbocycles. The average Bonchev–Trinajstić information content (AvgIpc) is 3.15. The third kappa shape index (κ3) is 5.37. The van der Waals surface area contributed by atoms with Gasteiger partial charge in [-0.25, -0.2) is 0 Å². The van der Waals surface area contributed by atoms with Crippen molar-refractivity contribution in [3.63, 3.8) is 0 Å². The normalized spacial score (nSPS) is 17.5. The maximum Gasteiger partial charge on any atom is 0.263 e. The number of carbonyl (C=O) groups is 1. The van der Waals surface area contributed by atoms with Gasteiger partial charge in [-0.15, -0.1) is 0 Å². The predicted octanol–water partition coefficient (Wildman–Crippen LogP) is 4.02. The van der Waals surface area contributed by atoms with Gasteiger partial charge in [0.1, 0.15) is 11.5 Å². The van der Waals surface area contributed by atoms with Gasteiger partial charge >= 0.3 is 0 Å². The summed E-state index contributed by atoms with van der Waals surface area (Å²) in [7, 11) is 0. The maximum absolute atomic E-state index is 13.1. The summed E-state index contributed by atoms with van der Waals surface area (Å²) in [5, 5.41) is 10.6. The number of nitrogens with zero attached hydrogens (tertiary/aromatic N) is 1. The smallest absolute Gasteiger partial charge is 0.263 e. The second-order valence-electron chi connectivity index (χ2n) is 6.70. The van der Waals surface area contributed by atoms with Crippen LogP contribution in [0.1, 0.15) is 25.3 Å². The lowest BCUT2D eigenvalue weighted by molar-refractivity contribution is -0.140. The van der Waals surface area contributed by atoms with Gasteiger partial charge in [0.05, 0.1) is 6.10 Å². The van der Waals surface area contributed by atoms with Gasteiger partial charge in [-0.3, -0.25) is 4.79 Å². The fourth-order valence-corrected chi connectivity index (χ4v) is 3.35. The first-order valence-electron chi connectivity index (χ1n) is 9.12. The Balaban J connectivity index is 1.73. The van der Waals surface area contributed by atoms with Gasteiger partial charge < -0.3 is 19.5 Å². The van der Waals surface area contributed by atoms with Crippen molar-refractivity contribution < 1.29 is 19.4 Å². The van der Waals surface area contributed by atoms with E-state index in [4.69, 9.17) is 21.1 Å². The number of amides is 1. The largest absolute Gasteiger partial charge is 0.508 e. The van der Waals surface area contributed by atoms with Crippen LogP contribution in [0.4, 0.5) is 0 Å². The Morgan fingerprint density at radius 3 is 2.85 bits per heavy atom. The van der Waals surface area contributed by atoms with Gasteiger partial charge in [-0.2, -0.15) is 0 Å². The van der Waals surface area contributed by atoms with E-state index in [1.165, 1.54) is 0 Å². The minimum absolute atomic E-state index is 0.0122. The zero-order valence-corrected chi connectivity index (χ0v) is 16.1. The molecule has 1 fully saturated rings. The van der Waals surface area contributed by atoms with Gasteiger partial charge in [-0.05, 0) is 44.0 Å². The second kappa shape index (κ2) is 9.11. The molecule has 0 spiro atoms. The molecule has 27 heavy (non-hydrogen) atoms. The van der Waals surface area contributed by atoms with Crippen LogP contribution in [0.25, 0.3) is 0 Å². The Kier molecular flexibility index (Phi) is 6.58. The van der Waals surface area contributed by atoms with E-state index in [1.54, 1.807) is 48.2 Å². The zero-order valence-electron chi connectivity index (χ0n) is 15.3. The molecular weight excluding hydrogens is 366 g/mol. The average molecular weight is 390 g/mol. The molecule has 1 aliphatic heterocycles. The highest BCUT2D eigenvalue weighted by atomic mass is 35.5. The van der Waals surface area contributed by atoms with Crippen molar-refractivity contribution >= 4 is 17.5 Å². The lowest BCUT2D eigenvalue weighted by Gasteiger charge is -2.28. The second-order valence-corrected chi connectivity index (χ2v) is 7.14. The van der Waals surface area contributed by atoms with E-state index in [-0.39, 0.29) is 17.8 Å². The molecule has 0 aliphatic carbocycles. The summed E-state index contributed by atoms with van der Waals surface area (Å²) in [5.41, 5.74) is 0.693. The summed E-state index contributed by atoms with van der Waals surface area (Å²) < 4.78 is 11.5. The number of rotatable bonds is 7. The van der Waals surface area contributed by atoms with Crippen molar-refractivity contribution in [1.29, 1.82) is 0 Å². The number of para-hydroxylation sites is 1. The highest BCUT2D eigenvalue weighted by Crippen LogP contribution is 2.23. The van der Waals surface area contributed by atoms with E-state index < -0.39 is 6.10 Å². The summed E-state index contributed by atoms with van der Waals surface area (Å²) in [5.74, 6) is 0.558. The summed E-state index contributed by atoms with van der Waals surface area (Å²) in [6, 6.07) is 14.0. The van der Waals surface area contributed by atoms with Crippen molar-refractivity contribution in [2.75, 3.05) is 13.2 Å². The Hall–Kier alpha value is -2.24. The number of phenols is 1. The van der Waals surface area contributed by atoms with Crippen LogP contribution in [0, 0.1) is 0 Å². The number of ether oxygens (including phenoxy) is 2. The number of hydrogen-bond donors (Lipinski definition) is 1. The summed E-state index contributed by atoms with van der Waals surface area (Å²) in [6.45, 7) is 3.21. The van der Waals surface area contributed by atoms with Gasteiger partial charge in [0, 0.05) is 30.3 Å². The van der Waals surface area contributed by atoms with E-state index in [1.807, 2.05) is 12.1 Å². The maximum atomic E-state index is 13.1. The van der Waals surface area contributed by atoms with E-state index in [0.29, 0.717) is 29.4 Å². The number of aromatic hydroxyl groups is 1. The van der Waals surface area contributed by atoms with Gasteiger partial charge in [-0.1, -0.05) is 35.9 Å². The van der Waals surface area contributed by atoms with Gasteiger partial charge in [0.25, 0.3) is 5.91 Å². The molecule has 2 atom stereocenters. The minimum Gasteiger partial charge on any atom is -0.508 e. The van der Waals surface area contributed by atoms with Gasteiger partial charge in [0.2, 0.25) is 0 Å². The molecule has 0 radical (unpaired) electrons. The van der Waals surface area contributed by atoms with Gasteiger partial charge in [0.15, 0.2) is 6.10 Å². The van der Waals surface area contributed by atoms with E-state index >= 15 is 0 Å². The van der Waals surface area contributed by atoms with Crippen LogP contribution >= 0.6 is 11.6 Å². The monoisotopic (exact) mass is 389 g/mol. The Labute approximate surface area is 164 Å². The highest BCUT2D eigenvalue weighted by Gasteiger charge is 2.27. The molecule has 5 nitrogen and oxygen atoms in total. The van der Waals surface area contributed by atoms with Crippen LogP contribution in [0.3, 0.4) is 0 Å². The van der Waals surface area contributed by atoms with Crippen LogP contribution in [0.5, 0.6) is 11.5 Å². The lowest BCUT2D eigenvalue weighted by Crippen LogP contribution is -2.43. The van der Waals surface area contributed by atoms with Crippen molar-refractivity contribution in [2.24, 2.45) is 0 Å². The van der Waals surface area contributed by atoms with Crippen LogP contribution in [-0.4, -0.2) is 41.3 Å². The predicted molar refractivity (Wildman–Crippen MR) is 104 cm³/mol.